The van der Waals surface area contributed by atoms with Crippen molar-refractivity contribution in [1.82, 2.24) is 19.6 Å². The molecule has 0 saturated heterocycles. The van der Waals surface area contributed by atoms with Gasteiger partial charge < -0.3 is 9.84 Å². The highest BCUT2D eigenvalue weighted by Crippen LogP contribution is 2.33. The number of aryl methyl sites for hydroxylation is 2. The van der Waals surface area contributed by atoms with Gasteiger partial charge in [-0.05, 0) is 25.7 Å². The van der Waals surface area contributed by atoms with Gasteiger partial charge in [-0.3, -0.25) is 4.68 Å². The van der Waals surface area contributed by atoms with Crippen molar-refractivity contribution in [2.75, 3.05) is 31.1 Å². The minimum absolute atomic E-state index is 0.206. The number of ether oxygens (including phenoxy) is 1. The van der Waals surface area contributed by atoms with Gasteiger partial charge in [-0.1, -0.05) is 0 Å². The molecule has 2 heterocycles. The van der Waals surface area contributed by atoms with Crippen molar-refractivity contribution in [2.24, 2.45) is 7.05 Å². The van der Waals surface area contributed by atoms with Crippen LogP contribution in [-0.2, 0) is 18.5 Å². The number of nitrogens with zero attached hydrogens (tertiary/aromatic N) is 5. The Labute approximate surface area is 144 Å². The first-order chi connectivity index (χ1) is 11.2. The predicted molar refractivity (Wildman–Crippen MR) is 95.1 cm³/mol. The van der Waals surface area contributed by atoms with Crippen LogP contribution in [0.15, 0.2) is 12.3 Å². The molecular weight excluding hydrogens is 326 g/mol. The van der Waals surface area contributed by atoms with Crippen molar-refractivity contribution < 1.29 is 9.84 Å². The monoisotopic (exact) mass is 351 g/mol. The summed E-state index contributed by atoms with van der Waals surface area (Å²) in [4.78, 5) is 0. The van der Waals surface area contributed by atoms with E-state index in [2.05, 4.69) is 35.0 Å². The van der Waals surface area contributed by atoms with Gasteiger partial charge in [0.25, 0.3) is 0 Å². The summed E-state index contributed by atoms with van der Waals surface area (Å²) in [5.74, 6) is 1.00. The molecule has 132 valence electrons. The molecule has 2 aromatic rings. The quantitative estimate of drug-likeness (QED) is 0.765. The summed E-state index contributed by atoms with van der Waals surface area (Å²) >= 11 is 0. The zero-order valence-electron chi connectivity index (χ0n) is 14.9. The van der Waals surface area contributed by atoms with Gasteiger partial charge in [0.05, 0.1) is 18.0 Å². The second kappa shape index (κ2) is 7.38. The van der Waals surface area contributed by atoms with E-state index >= 15 is 0 Å². The van der Waals surface area contributed by atoms with Gasteiger partial charge in [0, 0.05) is 30.6 Å². The summed E-state index contributed by atoms with van der Waals surface area (Å²) in [5.41, 5.74) is 2.22. The fourth-order valence-corrected chi connectivity index (χ4v) is 2.88. The molecule has 0 aliphatic rings. The molecule has 0 saturated carbocycles. The van der Waals surface area contributed by atoms with Crippen LogP contribution < -0.4 is 0 Å². The zero-order valence-corrected chi connectivity index (χ0v) is 15.7. The fourth-order valence-electron chi connectivity index (χ4n) is 2.26. The first-order valence-corrected chi connectivity index (χ1v) is 10.6. The Hall–Kier alpha value is -1.82. The van der Waals surface area contributed by atoms with Crippen LogP contribution in [0.25, 0.3) is 0 Å². The maximum atomic E-state index is 10.5. The Kier molecular flexibility index (Phi) is 5.70. The average molecular weight is 351 g/mol. The number of aliphatic hydroxyl groups excluding tert-OH is 1. The van der Waals surface area contributed by atoms with Gasteiger partial charge in [-0.2, -0.15) is 15.5 Å². The summed E-state index contributed by atoms with van der Waals surface area (Å²) in [5, 5.41) is 28.3. The van der Waals surface area contributed by atoms with Crippen molar-refractivity contribution in [3.05, 3.63) is 34.9 Å². The molecule has 2 rings (SSSR count). The number of rotatable bonds is 7. The number of aliphatic hydroxyl groups is 1. The molecule has 0 amide bonds. The smallest absolute Gasteiger partial charge is 0.141 e. The van der Waals surface area contributed by atoms with E-state index in [0.29, 0.717) is 23.6 Å². The summed E-state index contributed by atoms with van der Waals surface area (Å²) in [6.07, 6.45) is 7.54. The Balaban J connectivity index is 2.09. The number of aromatic nitrogens is 4. The van der Waals surface area contributed by atoms with Crippen molar-refractivity contribution in [3.8, 4) is 6.07 Å². The van der Waals surface area contributed by atoms with Gasteiger partial charge in [0.1, 0.15) is 24.6 Å². The van der Waals surface area contributed by atoms with Crippen molar-refractivity contribution in [3.63, 3.8) is 0 Å². The lowest BCUT2D eigenvalue weighted by molar-refractivity contribution is 0.0791. The molecule has 0 aromatic carbocycles. The van der Waals surface area contributed by atoms with Crippen molar-refractivity contribution in [2.45, 2.75) is 19.8 Å². The minimum Gasteiger partial charge on any atom is -0.382 e. The third-order valence-electron chi connectivity index (χ3n) is 3.59. The molecule has 8 heteroatoms. The van der Waals surface area contributed by atoms with E-state index in [-0.39, 0.29) is 6.73 Å². The second-order valence-corrected chi connectivity index (χ2v) is 11.2. The normalized spacial score (nSPS) is 13.7. The largest absolute Gasteiger partial charge is 0.382 e. The number of nitriles is 1. The zero-order chi connectivity index (χ0) is 17.9. The van der Waals surface area contributed by atoms with Crippen LogP contribution in [0.4, 0.5) is 0 Å². The van der Waals surface area contributed by atoms with E-state index in [1.54, 1.807) is 24.0 Å². The van der Waals surface area contributed by atoms with E-state index in [9.17, 15) is 10.4 Å². The molecule has 0 fully saturated rings. The summed E-state index contributed by atoms with van der Waals surface area (Å²) in [6.45, 7) is 2.67. The van der Waals surface area contributed by atoms with Crippen LogP contribution in [0.1, 0.15) is 28.7 Å². The van der Waals surface area contributed by atoms with Gasteiger partial charge in [-0.25, -0.2) is 14.7 Å². The Morgan fingerprint density at radius 3 is 2.62 bits per heavy atom. The Morgan fingerprint density at radius 1 is 1.38 bits per heavy atom. The van der Waals surface area contributed by atoms with E-state index in [1.807, 2.05) is 6.92 Å². The van der Waals surface area contributed by atoms with Gasteiger partial charge in [0.2, 0.25) is 0 Å². The Bertz CT molecular complexity index is 739. The molecular formula is C16H25N5O2S. The van der Waals surface area contributed by atoms with Crippen LogP contribution in [0.5, 0.6) is 0 Å². The van der Waals surface area contributed by atoms with E-state index in [1.165, 1.54) is 4.68 Å². The van der Waals surface area contributed by atoms with Crippen LogP contribution in [0.2, 0.25) is 0 Å². The van der Waals surface area contributed by atoms with Crippen LogP contribution in [0, 0.1) is 18.3 Å². The highest BCUT2D eigenvalue weighted by Gasteiger charge is 2.20. The van der Waals surface area contributed by atoms with Crippen LogP contribution in [-0.4, -0.2) is 55.8 Å². The molecule has 0 bridgehead atoms. The molecule has 1 unspecified atom stereocenters. The molecule has 0 aliphatic heterocycles. The average Bonchev–Trinajstić information content (AvgIpc) is 3.04. The number of hydrogen-bond acceptors (Lipinski definition) is 5. The summed E-state index contributed by atoms with van der Waals surface area (Å²) in [7, 11) is 1.19. The van der Waals surface area contributed by atoms with E-state index in [4.69, 9.17) is 4.74 Å². The third kappa shape index (κ3) is 4.60. The summed E-state index contributed by atoms with van der Waals surface area (Å²) < 4.78 is 8.77. The standard InChI is InChI=1S/C16H25N5O2S/c1-12-14(10-20(2)18-12)16(22)15-8-13(9-17)21(19-15)11-23-6-7-24(3,4)5/h8,10,16,22H,6-7,11H2,1-5H3. The van der Waals surface area contributed by atoms with Gasteiger partial charge >= 0.3 is 0 Å². The maximum Gasteiger partial charge on any atom is 0.141 e. The highest BCUT2D eigenvalue weighted by molar-refractivity contribution is 8.32. The maximum absolute atomic E-state index is 10.5. The lowest BCUT2D eigenvalue weighted by atomic mass is 10.1. The van der Waals surface area contributed by atoms with Gasteiger partial charge in [0.15, 0.2) is 0 Å². The number of hydrogen-bond donors (Lipinski definition) is 1. The lowest BCUT2D eigenvalue weighted by Gasteiger charge is -2.24. The molecule has 0 radical (unpaired) electrons. The molecule has 0 aliphatic carbocycles. The Morgan fingerprint density at radius 2 is 2.08 bits per heavy atom. The molecule has 7 nitrogen and oxygen atoms in total. The second-order valence-electron chi connectivity index (χ2n) is 6.64. The first kappa shape index (κ1) is 18.5. The van der Waals surface area contributed by atoms with Crippen molar-refractivity contribution in [1.29, 1.82) is 5.26 Å². The minimum atomic E-state index is -0.911. The topological polar surface area (TPSA) is 88.9 Å². The summed E-state index contributed by atoms with van der Waals surface area (Å²) in [6, 6.07) is 3.69. The molecule has 1 atom stereocenters. The predicted octanol–water partition coefficient (Wildman–Crippen LogP) is 1.55. The molecule has 1 N–H and O–H groups in total. The molecule has 24 heavy (non-hydrogen) atoms. The highest BCUT2D eigenvalue weighted by atomic mass is 32.3. The molecule has 0 spiro atoms. The third-order valence-corrected chi connectivity index (χ3v) is 4.98. The first-order valence-electron chi connectivity index (χ1n) is 7.61. The SMILES string of the molecule is Cc1nn(C)cc1C(O)c1cc(C#N)n(COCCS(C)(C)C)n1. The fraction of sp³-hybridized carbons (Fsp3) is 0.562. The van der Waals surface area contributed by atoms with E-state index in [0.717, 1.165) is 11.4 Å². The lowest BCUT2D eigenvalue weighted by Crippen LogP contribution is -2.12. The van der Waals surface area contributed by atoms with Crippen LogP contribution >= 0.6 is 10.0 Å². The molecule has 2 aromatic heterocycles. The van der Waals surface area contributed by atoms with Crippen LogP contribution in [0.3, 0.4) is 0 Å². The van der Waals surface area contributed by atoms with Gasteiger partial charge in [-0.15, -0.1) is 0 Å². The van der Waals surface area contributed by atoms with Crippen molar-refractivity contribution >= 4 is 10.0 Å². The van der Waals surface area contributed by atoms with E-state index < -0.39 is 16.1 Å².